The molecule has 4 aromatic rings. The molecule has 236 valence electrons. The third kappa shape index (κ3) is 6.00. The van der Waals surface area contributed by atoms with Gasteiger partial charge in [-0.05, 0) is 52.4 Å². The van der Waals surface area contributed by atoms with Crippen molar-refractivity contribution in [1.29, 1.82) is 5.26 Å². The Balaban J connectivity index is 1.44. The summed E-state index contributed by atoms with van der Waals surface area (Å²) in [6, 6.07) is 2.05. The van der Waals surface area contributed by atoms with Crippen molar-refractivity contribution in [2.45, 2.75) is 52.1 Å². The largest absolute Gasteiger partial charge is 0.444 e. The zero-order valence-electron chi connectivity index (χ0n) is 25.7. The molecular formula is C31H33F2N7O4S. The first-order valence-electron chi connectivity index (χ1n) is 14.6. The van der Waals surface area contributed by atoms with Crippen molar-refractivity contribution >= 4 is 49.4 Å². The van der Waals surface area contributed by atoms with E-state index in [-0.39, 0.29) is 56.7 Å². The van der Waals surface area contributed by atoms with E-state index in [4.69, 9.17) is 14.2 Å². The summed E-state index contributed by atoms with van der Waals surface area (Å²) in [5, 5.41) is 13.4. The molecule has 0 radical (unpaired) electrons. The number of ether oxygens (including phenoxy) is 3. The number of nitrogens with one attached hydrogen (secondary N) is 1. The van der Waals surface area contributed by atoms with E-state index < -0.39 is 23.3 Å². The predicted molar refractivity (Wildman–Crippen MR) is 166 cm³/mol. The van der Waals surface area contributed by atoms with Crippen molar-refractivity contribution in [3.63, 3.8) is 0 Å². The summed E-state index contributed by atoms with van der Waals surface area (Å²) in [5.41, 5.74) is 0.619. The summed E-state index contributed by atoms with van der Waals surface area (Å²) in [6.07, 6.45) is 2.61. The van der Waals surface area contributed by atoms with Crippen LogP contribution < -0.4 is 10.2 Å². The third-order valence-corrected chi connectivity index (χ3v) is 8.75. The van der Waals surface area contributed by atoms with Crippen LogP contribution in [0.4, 0.5) is 24.5 Å². The van der Waals surface area contributed by atoms with E-state index in [1.54, 1.807) is 27.0 Å². The molecule has 1 amide bonds. The molecule has 5 heterocycles. The first-order valence-corrected chi connectivity index (χ1v) is 15.4. The van der Waals surface area contributed by atoms with E-state index in [2.05, 4.69) is 31.2 Å². The summed E-state index contributed by atoms with van der Waals surface area (Å²) < 4.78 is 49.1. The lowest BCUT2D eigenvalue weighted by atomic mass is 9.94. The molecule has 2 aliphatic rings. The maximum absolute atomic E-state index is 16.8. The normalized spacial score (nSPS) is 16.5. The Morgan fingerprint density at radius 3 is 2.76 bits per heavy atom. The maximum atomic E-state index is 16.8. The molecule has 3 aromatic heterocycles. The number of nitrogens with zero attached hydrogens (tertiary/aromatic N) is 6. The number of pyridine rings is 1. The number of fused-ring (bicyclic) bond motifs is 4. The fraction of sp³-hybridized carbons (Fsp3) is 0.452. The van der Waals surface area contributed by atoms with Gasteiger partial charge >= 0.3 is 6.09 Å². The van der Waals surface area contributed by atoms with Gasteiger partial charge in [0.2, 0.25) is 5.95 Å². The van der Waals surface area contributed by atoms with E-state index in [9.17, 15) is 10.1 Å². The molecule has 0 saturated carbocycles. The number of amides is 1. The van der Waals surface area contributed by atoms with Crippen molar-refractivity contribution in [1.82, 2.24) is 19.9 Å². The summed E-state index contributed by atoms with van der Waals surface area (Å²) >= 11 is 0.858. The van der Waals surface area contributed by atoms with Crippen LogP contribution in [0.15, 0.2) is 12.4 Å². The zero-order chi connectivity index (χ0) is 32.0. The lowest BCUT2D eigenvalue weighted by Gasteiger charge is -2.19. The van der Waals surface area contributed by atoms with Gasteiger partial charge in [0.05, 0.1) is 48.1 Å². The lowest BCUT2D eigenvalue weighted by molar-refractivity contribution is 0.0580. The van der Waals surface area contributed by atoms with Gasteiger partial charge in [-0.25, -0.2) is 23.5 Å². The van der Waals surface area contributed by atoms with Crippen LogP contribution in [0.2, 0.25) is 0 Å². The lowest BCUT2D eigenvalue weighted by Crippen LogP contribution is -2.27. The van der Waals surface area contributed by atoms with Crippen LogP contribution in [-0.2, 0) is 27.4 Å². The molecule has 0 aliphatic carbocycles. The van der Waals surface area contributed by atoms with Crippen LogP contribution in [0, 0.1) is 23.0 Å². The molecule has 1 atom stereocenters. The van der Waals surface area contributed by atoms with Gasteiger partial charge in [-0.15, -0.1) is 11.3 Å². The molecule has 2 aliphatic heterocycles. The van der Waals surface area contributed by atoms with Crippen molar-refractivity contribution < 1.29 is 27.8 Å². The maximum Gasteiger partial charge on any atom is 0.412 e. The number of likely N-dealkylation sites (N-methyl/N-ethyl adjacent to an activating group) is 1. The highest BCUT2D eigenvalue weighted by Gasteiger charge is 2.32. The molecule has 1 saturated heterocycles. The van der Waals surface area contributed by atoms with E-state index in [1.165, 1.54) is 0 Å². The Kier molecular flexibility index (Phi) is 8.30. The Labute approximate surface area is 262 Å². The summed E-state index contributed by atoms with van der Waals surface area (Å²) in [5.74, 6) is -1.00. The fourth-order valence-corrected chi connectivity index (χ4v) is 6.64. The third-order valence-electron chi connectivity index (χ3n) is 7.64. The number of rotatable bonds is 7. The molecule has 1 aromatic carbocycles. The van der Waals surface area contributed by atoms with Gasteiger partial charge in [-0.2, -0.15) is 5.26 Å². The van der Waals surface area contributed by atoms with E-state index in [1.807, 2.05) is 19.0 Å². The highest BCUT2D eigenvalue weighted by atomic mass is 32.1. The van der Waals surface area contributed by atoms with Crippen LogP contribution in [-0.4, -0.2) is 78.0 Å². The number of hydrogen-bond acceptors (Lipinski definition) is 11. The molecule has 0 spiro atoms. The van der Waals surface area contributed by atoms with Crippen molar-refractivity contribution in [3.8, 4) is 17.3 Å². The zero-order valence-corrected chi connectivity index (χ0v) is 26.5. The summed E-state index contributed by atoms with van der Waals surface area (Å²) in [7, 11) is 3.98. The van der Waals surface area contributed by atoms with Gasteiger partial charge < -0.3 is 24.0 Å². The molecule has 1 fully saturated rings. The Hall–Kier alpha value is -4.03. The van der Waals surface area contributed by atoms with Gasteiger partial charge in [0.1, 0.15) is 22.2 Å². The fourth-order valence-electron chi connectivity index (χ4n) is 5.60. The molecule has 1 N–H and O–H groups in total. The number of hydrogen-bond donors (Lipinski definition) is 1. The van der Waals surface area contributed by atoms with E-state index in [0.717, 1.165) is 30.5 Å². The molecule has 14 heteroatoms. The quantitative estimate of drug-likeness (QED) is 0.274. The van der Waals surface area contributed by atoms with Crippen molar-refractivity contribution in [2.75, 3.05) is 50.6 Å². The van der Waals surface area contributed by atoms with E-state index >= 15 is 8.78 Å². The average Bonchev–Trinajstić information content (AvgIpc) is 3.72. The minimum absolute atomic E-state index is 0.0150. The second-order valence-corrected chi connectivity index (χ2v) is 13.3. The number of thiophene rings is 1. The number of carbonyl (C=O) groups is 1. The Bertz CT molecular complexity index is 1850. The molecule has 0 unspecified atom stereocenters. The molecule has 0 bridgehead atoms. The average molecular weight is 638 g/mol. The van der Waals surface area contributed by atoms with Gasteiger partial charge in [0.25, 0.3) is 0 Å². The van der Waals surface area contributed by atoms with Gasteiger partial charge in [0.15, 0.2) is 11.6 Å². The number of aromatic nitrogens is 3. The number of halogens is 2. The van der Waals surface area contributed by atoms with Crippen LogP contribution in [0.1, 0.15) is 43.9 Å². The van der Waals surface area contributed by atoms with E-state index in [0.29, 0.717) is 42.2 Å². The molecule has 45 heavy (non-hydrogen) atoms. The predicted octanol–water partition coefficient (Wildman–Crippen LogP) is 5.59. The van der Waals surface area contributed by atoms with Crippen LogP contribution >= 0.6 is 11.3 Å². The molecular weight excluding hydrogens is 604 g/mol. The first-order chi connectivity index (χ1) is 21.4. The number of nitriles is 1. The number of carbonyl (C=O) groups excluding carboxylic acids is 1. The van der Waals surface area contributed by atoms with Gasteiger partial charge in [-0.3, -0.25) is 10.3 Å². The smallest absolute Gasteiger partial charge is 0.412 e. The topological polar surface area (TPSA) is 126 Å². The van der Waals surface area contributed by atoms with Crippen LogP contribution in [0.3, 0.4) is 0 Å². The summed E-state index contributed by atoms with van der Waals surface area (Å²) in [4.78, 5) is 30.1. The van der Waals surface area contributed by atoms with Crippen LogP contribution in [0.5, 0.6) is 0 Å². The van der Waals surface area contributed by atoms with Gasteiger partial charge in [-0.1, -0.05) is 0 Å². The SMILES string of the molecule is CN(C)CCO[C@@H]1CCN(c2ncc3c4c(c(-c5ncc(F)c6sc(NC(=O)OC(C)(C)C)c(C#N)c56)c(F)c3n2)COC4)C1. The second-order valence-electron chi connectivity index (χ2n) is 12.3. The monoisotopic (exact) mass is 637 g/mol. The van der Waals surface area contributed by atoms with Crippen molar-refractivity contribution in [3.05, 3.63) is 40.7 Å². The van der Waals surface area contributed by atoms with Crippen LogP contribution in [0.25, 0.3) is 32.2 Å². The minimum Gasteiger partial charge on any atom is -0.444 e. The Morgan fingerprint density at radius 2 is 2.02 bits per heavy atom. The number of anilines is 2. The van der Waals surface area contributed by atoms with Gasteiger partial charge in [0, 0.05) is 42.2 Å². The number of benzene rings is 1. The highest BCUT2D eigenvalue weighted by molar-refractivity contribution is 7.23. The second kappa shape index (κ2) is 12.1. The summed E-state index contributed by atoms with van der Waals surface area (Å²) in [6.45, 7) is 8.06. The Morgan fingerprint density at radius 1 is 1.24 bits per heavy atom. The molecule has 11 nitrogen and oxygen atoms in total. The van der Waals surface area contributed by atoms with Crippen molar-refractivity contribution in [2.24, 2.45) is 0 Å². The standard InChI is InChI=1S/C31H33F2N7O4S/c1-31(2,3)44-30(41)38-28-17(10-34)23-26(35-12-21(32)27(23)45-28)22-20-15-42-14-19(20)18-11-36-29(37-25(18)24(22)33)40-7-6-16(13-40)43-9-8-39(4)5/h11-12,16H,6-9,13-15H2,1-5H3,(H,38,41)/t16-/m1/s1. The first kappa shape index (κ1) is 31.0. The highest BCUT2D eigenvalue weighted by Crippen LogP contribution is 2.46. The minimum atomic E-state index is -0.803. The molecule has 6 rings (SSSR count).